The number of β-amino-alcohol motifs (C(OH)–C–C–N with tert-alkyl or cyclic N) is 1. The maximum absolute atomic E-state index is 13.0. The highest BCUT2D eigenvalue weighted by Crippen LogP contribution is 2.44. The number of carbonyl (C=O) groups excluding carboxylic acids is 1. The minimum absolute atomic E-state index is 0.115. The number of nitrogens with zero attached hydrogens (tertiary/aromatic N) is 2. The van der Waals surface area contributed by atoms with Crippen molar-refractivity contribution < 1.29 is 14.3 Å². The molecule has 1 amide bonds. The van der Waals surface area contributed by atoms with Crippen molar-refractivity contribution in [1.29, 1.82) is 0 Å². The van der Waals surface area contributed by atoms with Crippen molar-refractivity contribution in [3.05, 3.63) is 24.2 Å². The van der Waals surface area contributed by atoms with Crippen molar-refractivity contribution in [2.45, 2.75) is 51.2 Å². The first-order valence-corrected chi connectivity index (χ1v) is 9.82. The van der Waals surface area contributed by atoms with Crippen LogP contribution in [0.1, 0.15) is 44.8 Å². The minimum Gasteiger partial charge on any atom is -0.468 e. The van der Waals surface area contributed by atoms with E-state index < -0.39 is 5.60 Å². The molecule has 3 fully saturated rings. The molecule has 0 unspecified atom stereocenters. The predicted molar refractivity (Wildman–Crippen MR) is 94.7 cm³/mol. The van der Waals surface area contributed by atoms with E-state index >= 15 is 0 Å². The molecule has 3 aliphatic rings. The topological polar surface area (TPSA) is 56.9 Å². The van der Waals surface area contributed by atoms with Crippen molar-refractivity contribution in [3.63, 3.8) is 0 Å². The van der Waals surface area contributed by atoms with Crippen LogP contribution in [0.5, 0.6) is 0 Å². The van der Waals surface area contributed by atoms with Crippen LogP contribution in [0.15, 0.2) is 22.8 Å². The van der Waals surface area contributed by atoms with Gasteiger partial charge in [0, 0.05) is 24.9 Å². The van der Waals surface area contributed by atoms with Gasteiger partial charge in [0.15, 0.2) is 0 Å². The molecular formula is C20H30N2O3. The summed E-state index contributed by atoms with van der Waals surface area (Å²) in [6.07, 6.45) is 6.99. The summed E-state index contributed by atoms with van der Waals surface area (Å²) in [5.41, 5.74) is -0.645. The third-order valence-electron chi connectivity index (χ3n) is 6.81. The standard InChI is InChI=1S/C20H30N2O3/c1-15-12-22(14-20(15,24)17-4-2-5-17)19(23)16-7-9-21(10-8-16)13-18-6-3-11-25-18/h3,6,11,15-17,24H,2,4-5,7-10,12-14H2,1H3/t15-,20+/m1/s1. The first-order chi connectivity index (χ1) is 12.1. The van der Waals surface area contributed by atoms with Gasteiger partial charge < -0.3 is 14.4 Å². The molecule has 0 bridgehead atoms. The maximum Gasteiger partial charge on any atom is 0.225 e. The van der Waals surface area contributed by atoms with E-state index in [9.17, 15) is 9.90 Å². The number of hydrogen-bond acceptors (Lipinski definition) is 4. The Balaban J connectivity index is 1.30. The number of rotatable bonds is 4. The fourth-order valence-electron chi connectivity index (χ4n) is 4.84. The van der Waals surface area contributed by atoms with Crippen LogP contribution in [-0.2, 0) is 11.3 Å². The van der Waals surface area contributed by atoms with Crippen LogP contribution in [0.2, 0.25) is 0 Å². The molecule has 1 aromatic heterocycles. The highest BCUT2D eigenvalue weighted by atomic mass is 16.3. The third kappa shape index (κ3) is 3.24. The van der Waals surface area contributed by atoms with Crippen molar-refractivity contribution >= 4 is 5.91 Å². The summed E-state index contributed by atoms with van der Waals surface area (Å²) in [6.45, 7) is 6.08. The molecule has 1 N–H and O–H groups in total. The lowest BCUT2D eigenvalue weighted by Crippen LogP contribution is -2.49. The van der Waals surface area contributed by atoms with Gasteiger partial charge in [-0.05, 0) is 56.8 Å². The Morgan fingerprint density at radius 2 is 2.08 bits per heavy atom. The molecule has 1 saturated carbocycles. The van der Waals surface area contributed by atoms with Crippen LogP contribution < -0.4 is 0 Å². The van der Waals surface area contributed by atoms with Gasteiger partial charge in [0.25, 0.3) is 0 Å². The Labute approximate surface area is 150 Å². The van der Waals surface area contributed by atoms with Crippen LogP contribution in [0, 0.1) is 17.8 Å². The largest absolute Gasteiger partial charge is 0.468 e. The monoisotopic (exact) mass is 346 g/mol. The second kappa shape index (κ2) is 6.76. The van der Waals surface area contributed by atoms with Crippen molar-refractivity contribution in [1.82, 2.24) is 9.80 Å². The molecule has 2 saturated heterocycles. The third-order valence-corrected chi connectivity index (χ3v) is 6.81. The molecule has 4 rings (SSSR count). The van der Waals surface area contributed by atoms with Gasteiger partial charge in [-0.25, -0.2) is 0 Å². The molecule has 25 heavy (non-hydrogen) atoms. The van der Waals surface area contributed by atoms with Gasteiger partial charge >= 0.3 is 0 Å². The second-order valence-corrected chi connectivity index (χ2v) is 8.37. The molecule has 0 aromatic carbocycles. The van der Waals surface area contributed by atoms with E-state index in [2.05, 4.69) is 11.8 Å². The smallest absolute Gasteiger partial charge is 0.225 e. The SMILES string of the molecule is C[C@@H]1CN(C(=O)C2CCN(Cc3ccco3)CC2)C[C@@]1(O)C1CCC1. The summed E-state index contributed by atoms with van der Waals surface area (Å²) in [5, 5.41) is 11.1. The normalized spacial score (nSPS) is 32.1. The number of piperidine rings is 1. The van der Waals surface area contributed by atoms with Crippen LogP contribution in [0.4, 0.5) is 0 Å². The molecule has 2 atom stereocenters. The summed E-state index contributed by atoms with van der Waals surface area (Å²) in [7, 11) is 0. The molecule has 138 valence electrons. The van der Waals surface area contributed by atoms with Gasteiger partial charge in [-0.15, -0.1) is 0 Å². The molecule has 1 aliphatic carbocycles. The number of furan rings is 1. The van der Waals surface area contributed by atoms with Crippen LogP contribution in [-0.4, -0.2) is 52.6 Å². The molecule has 3 heterocycles. The highest BCUT2D eigenvalue weighted by Gasteiger charge is 2.51. The lowest BCUT2D eigenvalue weighted by Gasteiger charge is -2.41. The Morgan fingerprint density at radius 1 is 1.32 bits per heavy atom. The summed E-state index contributed by atoms with van der Waals surface area (Å²) in [5.74, 6) is 1.96. The zero-order valence-electron chi connectivity index (χ0n) is 15.2. The van der Waals surface area contributed by atoms with E-state index in [1.807, 2.05) is 17.0 Å². The average molecular weight is 346 g/mol. The molecule has 5 nitrogen and oxygen atoms in total. The van der Waals surface area contributed by atoms with E-state index in [1.54, 1.807) is 6.26 Å². The molecule has 0 spiro atoms. The van der Waals surface area contributed by atoms with Gasteiger partial charge in [0.05, 0.1) is 18.4 Å². The number of carbonyl (C=O) groups is 1. The maximum atomic E-state index is 13.0. The quantitative estimate of drug-likeness (QED) is 0.910. The van der Waals surface area contributed by atoms with E-state index in [0.29, 0.717) is 12.5 Å². The highest BCUT2D eigenvalue weighted by molar-refractivity contribution is 5.79. The fraction of sp³-hybridized carbons (Fsp3) is 0.750. The number of aliphatic hydroxyl groups is 1. The average Bonchev–Trinajstić information content (AvgIpc) is 3.15. The summed E-state index contributed by atoms with van der Waals surface area (Å²) in [4.78, 5) is 17.3. The van der Waals surface area contributed by atoms with Crippen molar-refractivity contribution in [2.75, 3.05) is 26.2 Å². The summed E-state index contributed by atoms with van der Waals surface area (Å²) in [6, 6.07) is 3.92. The Hall–Kier alpha value is -1.33. The lowest BCUT2D eigenvalue weighted by atomic mass is 9.69. The van der Waals surface area contributed by atoms with Gasteiger partial charge in [-0.3, -0.25) is 9.69 Å². The number of likely N-dealkylation sites (tertiary alicyclic amines) is 2. The minimum atomic E-state index is -0.645. The summed E-state index contributed by atoms with van der Waals surface area (Å²) < 4.78 is 5.42. The Bertz CT molecular complexity index is 590. The zero-order chi connectivity index (χ0) is 17.4. The molecular weight excluding hydrogens is 316 g/mol. The fourth-order valence-corrected chi connectivity index (χ4v) is 4.84. The van der Waals surface area contributed by atoms with Crippen molar-refractivity contribution in [2.24, 2.45) is 17.8 Å². The predicted octanol–water partition coefficient (Wildman–Crippen LogP) is 2.50. The van der Waals surface area contributed by atoms with Crippen LogP contribution >= 0.6 is 0 Å². The Kier molecular flexibility index (Phi) is 4.63. The zero-order valence-corrected chi connectivity index (χ0v) is 15.2. The lowest BCUT2D eigenvalue weighted by molar-refractivity contribution is -0.138. The van der Waals surface area contributed by atoms with Crippen molar-refractivity contribution in [3.8, 4) is 0 Å². The van der Waals surface area contributed by atoms with Gasteiger partial charge in [-0.2, -0.15) is 0 Å². The Morgan fingerprint density at radius 3 is 2.68 bits per heavy atom. The van der Waals surface area contributed by atoms with Gasteiger partial charge in [0.1, 0.15) is 5.76 Å². The van der Waals surface area contributed by atoms with E-state index in [1.165, 1.54) is 6.42 Å². The number of hydrogen-bond donors (Lipinski definition) is 1. The van der Waals surface area contributed by atoms with Gasteiger partial charge in [-0.1, -0.05) is 13.3 Å². The molecule has 0 radical (unpaired) electrons. The molecule has 5 heteroatoms. The van der Waals surface area contributed by atoms with Gasteiger partial charge in [0.2, 0.25) is 5.91 Å². The van der Waals surface area contributed by atoms with E-state index in [-0.39, 0.29) is 17.7 Å². The van der Waals surface area contributed by atoms with Crippen LogP contribution in [0.25, 0.3) is 0 Å². The van der Waals surface area contributed by atoms with Crippen LogP contribution in [0.3, 0.4) is 0 Å². The summed E-state index contributed by atoms with van der Waals surface area (Å²) >= 11 is 0. The number of amides is 1. The molecule has 1 aromatic rings. The van der Waals surface area contributed by atoms with E-state index in [4.69, 9.17) is 4.42 Å². The first kappa shape index (κ1) is 17.1. The van der Waals surface area contributed by atoms with E-state index in [0.717, 1.165) is 57.6 Å². The first-order valence-electron chi connectivity index (χ1n) is 9.82. The molecule has 2 aliphatic heterocycles. The second-order valence-electron chi connectivity index (χ2n) is 8.37.